The summed E-state index contributed by atoms with van der Waals surface area (Å²) in [5, 5.41) is 0. The Balaban J connectivity index is 2.31. The molecule has 0 heterocycles. The molecule has 2 nitrogen and oxygen atoms in total. The summed E-state index contributed by atoms with van der Waals surface area (Å²) in [6, 6.07) is 9.08. The number of nitrogens with two attached hydrogens (primary N) is 1. The molecular formula is C15H15F3N2. The molecule has 20 heavy (non-hydrogen) atoms. The van der Waals surface area contributed by atoms with Crippen molar-refractivity contribution in [3.05, 3.63) is 70.5 Å². The fourth-order valence-electron chi connectivity index (χ4n) is 2.14. The van der Waals surface area contributed by atoms with E-state index in [4.69, 9.17) is 5.84 Å². The van der Waals surface area contributed by atoms with Gasteiger partial charge in [0.05, 0.1) is 6.04 Å². The molecule has 0 bridgehead atoms. The van der Waals surface area contributed by atoms with Crippen molar-refractivity contribution < 1.29 is 13.2 Å². The first kappa shape index (κ1) is 14.6. The van der Waals surface area contributed by atoms with Crippen LogP contribution in [0.4, 0.5) is 13.2 Å². The highest BCUT2D eigenvalue weighted by molar-refractivity contribution is 5.28. The number of hydrazine groups is 1. The first-order valence-corrected chi connectivity index (χ1v) is 6.18. The molecule has 3 N–H and O–H groups in total. The molecule has 106 valence electrons. The van der Waals surface area contributed by atoms with E-state index in [2.05, 4.69) is 5.43 Å². The van der Waals surface area contributed by atoms with Gasteiger partial charge in [-0.15, -0.1) is 0 Å². The first-order valence-electron chi connectivity index (χ1n) is 6.18. The second kappa shape index (κ2) is 6.07. The fraction of sp³-hybridized carbons (Fsp3) is 0.200. The monoisotopic (exact) mass is 280 g/mol. The van der Waals surface area contributed by atoms with E-state index < -0.39 is 23.5 Å². The molecule has 2 rings (SSSR count). The lowest BCUT2D eigenvalue weighted by molar-refractivity contribution is 0.425. The molecule has 0 radical (unpaired) electrons. The topological polar surface area (TPSA) is 38.0 Å². The van der Waals surface area contributed by atoms with Gasteiger partial charge in [-0.05, 0) is 25.0 Å². The highest BCUT2D eigenvalue weighted by atomic mass is 19.2. The Hall–Kier alpha value is -1.85. The van der Waals surface area contributed by atoms with Crippen LogP contribution in [0.15, 0.2) is 36.4 Å². The van der Waals surface area contributed by atoms with Gasteiger partial charge in [0.1, 0.15) is 0 Å². The normalized spacial score (nSPS) is 12.4. The summed E-state index contributed by atoms with van der Waals surface area (Å²) < 4.78 is 40.0. The predicted molar refractivity (Wildman–Crippen MR) is 71.3 cm³/mol. The third-order valence-electron chi connectivity index (χ3n) is 3.16. The second-order valence-electron chi connectivity index (χ2n) is 4.68. The molecule has 0 aliphatic heterocycles. The zero-order chi connectivity index (χ0) is 14.7. The molecule has 1 atom stereocenters. The minimum Gasteiger partial charge on any atom is -0.271 e. The number of benzene rings is 2. The zero-order valence-electron chi connectivity index (χ0n) is 11.0. The maximum atomic E-state index is 13.8. The summed E-state index contributed by atoms with van der Waals surface area (Å²) >= 11 is 0. The van der Waals surface area contributed by atoms with Crippen molar-refractivity contribution in [2.75, 3.05) is 0 Å². The van der Waals surface area contributed by atoms with Crippen molar-refractivity contribution in [2.45, 2.75) is 19.4 Å². The molecule has 0 aliphatic rings. The van der Waals surface area contributed by atoms with E-state index in [0.29, 0.717) is 6.42 Å². The Morgan fingerprint density at radius 3 is 2.50 bits per heavy atom. The van der Waals surface area contributed by atoms with Crippen LogP contribution in [0.1, 0.15) is 22.7 Å². The van der Waals surface area contributed by atoms with Gasteiger partial charge in [-0.1, -0.05) is 35.9 Å². The van der Waals surface area contributed by atoms with E-state index in [-0.39, 0.29) is 5.56 Å². The Labute approximate surface area is 115 Å². The summed E-state index contributed by atoms with van der Waals surface area (Å²) in [5.41, 5.74) is 4.44. The number of hydrogen-bond donors (Lipinski definition) is 2. The van der Waals surface area contributed by atoms with Gasteiger partial charge in [-0.25, -0.2) is 13.2 Å². The Morgan fingerprint density at radius 2 is 1.85 bits per heavy atom. The average molecular weight is 280 g/mol. The van der Waals surface area contributed by atoms with Crippen LogP contribution in [0.25, 0.3) is 0 Å². The van der Waals surface area contributed by atoms with Gasteiger partial charge < -0.3 is 0 Å². The van der Waals surface area contributed by atoms with Crippen LogP contribution in [-0.2, 0) is 6.42 Å². The summed E-state index contributed by atoms with van der Waals surface area (Å²) in [6.45, 7) is 1.94. The summed E-state index contributed by atoms with van der Waals surface area (Å²) in [4.78, 5) is 0. The Morgan fingerprint density at radius 1 is 1.10 bits per heavy atom. The third-order valence-corrected chi connectivity index (χ3v) is 3.16. The van der Waals surface area contributed by atoms with E-state index >= 15 is 0 Å². The van der Waals surface area contributed by atoms with Gasteiger partial charge in [-0.3, -0.25) is 11.3 Å². The number of nitrogens with one attached hydrogen (secondary N) is 1. The van der Waals surface area contributed by atoms with Crippen molar-refractivity contribution >= 4 is 0 Å². The molecule has 0 saturated heterocycles. The number of aryl methyl sites for hydroxylation is 1. The van der Waals surface area contributed by atoms with Gasteiger partial charge in [0, 0.05) is 5.56 Å². The standard InChI is InChI=1S/C15H15F3N2/c1-9-3-2-4-10(7-9)8-13(20-19)11-5-6-12(16)15(18)14(11)17/h2-7,13,20H,8,19H2,1H3. The lowest BCUT2D eigenvalue weighted by Gasteiger charge is -2.18. The number of rotatable bonds is 4. The van der Waals surface area contributed by atoms with E-state index in [1.807, 2.05) is 31.2 Å². The molecule has 1 unspecified atom stereocenters. The van der Waals surface area contributed by atoms with Crippen LogP contribution in [-0.4, -0.2) is 0 Å². The van der Waals surface area contributed by atoms with Crippen molar-refractivity contribution in [3.63, 3.8) is 0 Å². The zero-order valence-corrected chi connectivity index (χ0v) is 11.0. The van der Waals surface area contributed by atoms with Gasteiger partial charge in [0.2, 0.25) is 0 Å². The molecule has 5 heteroatoms. The molecule has 0 aromatic heterocycles. The SMILES string of the molecule is Cc1cccc(CC(NN)c2ccc(F)c(F)c2F)c1. The number of hydrogen-bond acceptors (Lipinski definition) is 2. The van der Waals surface area contributed by atoms with E-state index in [1.165, 1.54) is 6.07 Å². The fourth-order valence-corrected chi connectivity index (χ4v) is 2.14. The molecule has 0 saturated carbocycles. The van der Waals surface area contributed by atoms with Crippen LogP contribution in [0.2, 0.25) is 0 Å². The minimum atomic E-state index is -1.48. The van der Waals surface area contributed by atoms with Crippen LogP contribution in [0, 0.1) is 24.4 Å². The van der Waals surface area contributed by atoms with Crippen LogP contribution >= 0.6 is 0 Å². The van der Waals surface area contributed by atoms with Crippen molar-refractivity contribution in [2.24, 2.45) is 5.84 Å². The maximum absolute atomic E-state index is 13.8. The maximum Gasteiger partial charge on any atom is 0.194 e. The number of halogens is 3. The smallest absolute Gasteiger partial charge is 0.194 e. The predicted octanol–water partition coefficient (Wildman–Crippen LogP) is 3.16. The minimum absolute atomic E-state index is 0.00732. The molecular weight excluding hydrogens is 265 g/mol. The van der Waals surface area contributed by atoms with Crippen molar-refractivity contribution in [1.29, 1.82) is 0 Å². The van der Waals surface area contributed by atoms with Gasteiger partial charge in [-0.2, -0.15) is 0 Å². The second-order valence-corrected chi connectivity index (χ2v) is 4.68. The molecule has 2 aromatic rings. The van der Waals surface area contributed by atoms with Crippen LogP contribution in [0.5, 0.6) is 0 Å². The van der Waals surface area contributed by atoms with Gasteiger partial charge >= 0.3 is 0 Å². The largest absolute Gasteiger partial charge is 0.271 e. The highest BCUT2D eigenvalue weighted by Crippen LogP contribution is 2.24. The summed E-state index contributed by atoms with van der Waals surface area (Å²) in [5.74, 6) is 1.52. The Bertz CT molecular complexity index is 614. The van der Waals surface area contributed by atoms with Gasteiger partial charge in [0.15, 0.2) is 17.5 Å². The molecule has 0 aliphatic carbocycles. The first-order chi connectivity index (χ1) is 9.52. The molecule has 0 amide bonds. The molecule has 0 spiro atoms. The van der Waals surface area contributed by atoms with Crippen molar-refractivity contribution in [1.82, 2.24) is 5.43 Å². The van der Waals surface area contributed by atoms with Crippen LogP contribution in [0.3, 0.4) is 0 Å². The molecule has 0 fully saturated rings. The van der Waals surface area contributed by atoms with E-state index in [9.17, 15) is 13.2 Å². The quantitative estimate of drug-likeness (QED) is 0.513. The highest BCUT2D eigenvalue weighted by Gasteiger charge is 2.20. The van der Waals surface area contributed by atoms with E-state index in [0.717, 1.165) is 17.2 Å². The Kier molecular flexibility index (Phi) is 4.42. The van der Waals surface area contributed by atoms with Gasteiger partial charge in [0.25, 0.3) is 0 Å². The average Bonchev–Trinajstić information content (AvgIpc) is 2.43. The van der Waals surface area contributed by atoms with E-state index in [1.54, 1.807) is 0 Å². The summed E-state index contributed by atoms with van der Waals surface area (Å²) in [7, 11) is 0. The molecule has 2 aromatic carbocycles. The third kappa shape index (κ3) is 3.00. The van der Waals surface area contributed by atoms with Crippen LogP contribution < -0.4 is 11.3 Å². The summed E-state index contributed by atoms with van der Waals surface area (Å²) in [6.07, 6.45) is 0.375. The lowest BCUT2D eigenvalue weighted by atomic mass is 9.98. The van der Waals surface area contributed by atoms with Crippen molar-refractivity contribution in [3.8, 4) is 0 Å². The lowest BCUT2D eigenvalue weighted by Crippen LogP contribution is -2.30.